The quantitative estimate of drug-likeness (QED) is 0.916. The lowest BCUT2D eigenvalue weighted by molar-refractivity contribution is 0.0700. The van der Waals surface area contributed by atoms with Crippen LogP contribution in [-0.2, 0) is 11.3 Å². The summed E-state index contributed by atoms with van der Waals surface area (Å²) < 4.78 is 6.63. The maximum Gasteiger partial charge on any atom is 0.0619 e. The number of hydrogen-bond donors (Lipinski definition) is 1. The van der Waals surface area contributed by atoms with Crippen LogP contribution in [-0.4, -0.2) is 19.3 Å². The predicted molar refractivity (Wildman–Crippen MR) is 62.7 cm³/mol. The Morgan fingerprint density at radius 2 is 2.57 bits per heavy atom. The largest absolute Gasteiger partial charge is 0.380 e. The SMILES string of the molecule is Brc1ccsc1CN[C@@H]1CCCOC1. The second-order valence-corrected chi connectivity index (χ2v) is 5.34. The van der Waals surface area contributed by atoms with Crippen molar-refractivity contribution in [2.24, 2.45) is 0 Å². The van der Waals surface area contributed by atoms with E-state index in [0.717, 1.165) is 19.8 Å². The van der Waals surface area contributed by atoms with Crippen LogP contribution in [0.3, 0.4) is 0 Å². The van der Waals surface area contributed by atoms with Crippen molar-refractivity contribution in [1.29, 1.82) is 0 Å². The molecule has 0 aromatic carbocycles. The van der Waals surface area contributed by atoms with Crippen molar-refractivity contribution >= 4 is 27.3 Å². The van der Waals surface area contributed by atoms with E-state index in [2.05, 4.69) is 32.7 Å². The fourth-order valence-electron chi connectivity index (χ4n) is 1.59. The van der Waals surface area contributed by atoms with Gasteiger partial charge in [-0.3, -0.25) is 0 Å². The fourth-order valence-corrected chi connectivity index (χ4v) is 3.03. The average Bonchev–Trinajstić information content (AvgIpc) is 2.63. The van der Waals surface area contributed by atoms with E-state index in [1.165, 1.54) is 22.2 Å². The molecule has 0 spiro atoms. The molecule has 0 unspecified atom stereocenters. The van der Waals surface area contributed by atoms with E-state index in [1.54, 1.807) is 11.3 Å². The van der Waals surface area contributed by atoms with Gasteiger partial charge in [-0.15, -0.1) is 11.3 Å². The van der Waals surface area contributed by atoms with Gasteiger partial charge in [-0.25, -0.2) is 0 Å². The predicted octanol–water partition coefficient (Wildman–Crippen LogP) is 2.78. The summed E-state index contributed by atoms with van der Waals surface area (Å²) in [5.41, 5.74) is 0. The minimum Gasteiger partial charge on any atom is -0.380 e. The van der Waals surface area contributed by atoms with Gasteiger partial charge in [0, 0.05) is 28.5 Å². The number of nitrogens with one attached hydrogen (secondary N) is 1. The maximum atomic E-state index is 5.41. The van der Waals surface area contributed by atoms with Gasteiger partial charge in [-0.1, -0.05) is 0 Å². The lowest BCUT2D eigenvalue weighted by atomic mass is 10.1. The van der Waals surface area contributed by atoms with Crippen molar-refractivity contribution in [1.82, 2.24) is 5.32 Å². The Kier molecular flexibility index (Phi) is 3.99. The standard InChI is InChI=1S/C10H14BrNOS/c11-9-3-5-14-10(9)6-12-8-2-1-4-13-7-8/h3,5,8,12H,1-2,4,6-7H2/t8-/m1/s1. The number of ether oxygens (including phenoxy) is 1. The minimum atomic E-state index is 0.540. The highest BCUT2D eigenvalue weighted by Crippen LogP contribution is 2.22. The zero-order chi connectivity index (χ0) is 9.80. The van der Waals surface area contributed by atoms with Crippen LogP contribution in [0.5, 0.6) is 0 Å². The second kappa shape index (κ2) is 5.26. The summed E-state index contributed by atoms with van der Waals surface area (Å²) in [6.07, 6.45) is 2.42. The molecule has 2 nitrogen and oxygen atoms in total. The van der Waals surface area contributed by atoms with E-state index in [-0.39, 0.29) is 0 Å². The molecule has 4 heteroatoms. The van der Waals surface area contributed by atoms with Crippen molar-refractivity contribution in [3.05, 3.63) is 20.8 Å². The molecule has 78 valence electrons. The summed E-state index contributed by atoms with van der Waals surface area (Å²) in [7, 11) is 0. The molecule has 1 aliphatic heterocycles. The normalized spacial score (nSPS) is 22.5. The molecule has 14 heavy (non-hydrogen) atoms. The van der Waals surface area contributed by atoms with E-state index < -0.39 is 0 Å². The van der Waals surface area contributed by atoms with Gasteiger partial charge in [-0.05, 0) is 40.2 Å². The van der Waals surface area contributed by atoms with Gasteiger partial charge in [0.2, 0.25) is 0 Å². The molecule has 1 aromatic heterocycles. The molecule has 1 saturated heterocycles. The third kappa shape index (κ3) is 2.79. The summed E-state index contributed by atoms with van der Waals surface area (Å²) in [6, 6.07) is 2.64. The van der Waals surface area contributed by atoms with Gasteiger partial charge in [0.05, 0.1) is 6.61 Å². The number of thiophene rings is 1. The van der Waals surface area contributed by atoms with Gasteiger partial charge >= 0.3 is 0 Å². The Balaban J connectivity index is 1.79. The molecule has 0 aliphatic carbocycles. The van der Waals surface area contributed by atoms with Gasteiger partial charge in [-0.2, -0.15) is 0 Å². The van der Waals surface area contributed by atoms with Crippen molar-refractivity contribution in [3.8, 4) is 0 Å². The highest BCUT2D eigenvalue weighted by molar-refractivity contribution is 9.10. The average molecular weight is 276 g/mol. The number of hydrogen-bond acceptors (Lipinski definition) is 3. The lowest BCUT2D eigenvalue weighted by Gasteiger charge is -2.22. The summed E-state index contributed by atoms with van der Waals surface area (Å²) in [5, 5.41) is 5.63. The highest BCUT2D eigenvalue weighted by Gasteiger charge is 2.13. The zero-order valence-corrected chi connectivity index (χ0v) is 10.4. The molecule has 1 atom stereocenters. The Bertz CT molecular complexity index is 283. The van der Waals surface area contributed by atoms with Crippen molar-refractivity contribution in [2.75, 3.05) is 13.2 Å². The van der Waals surface area contributed by atoms with Crippen LogP contribution >= 0.6 is 27.3 Å². The first-order valence-electron chi connectivity index (χ1n) is 4.89. The van der Waals surface area contributed by atoms with E-state index in [0.29, 0.717) is 6.04 Å². The molecule has 0 bridgehead atoms. The van der Waals surface area contributed by atoms with Crippen LogP contribution in [0.25, 0.3) is 0 Å². The molecule has 1 aromatic rings. The molecule has 2 heterocycles. The first kappa shape index (κ1) is 10.6. The van der Waals surface area contributed by atoms with Crippen LogP contribution in [0.1, 0.15) is 17.7 Å². The van der Waals surface area contributed by atoms with Crippen molar-refractivity contribution in [2.45, 2.75) is 25.4 Å². The molecule has 1 N–H and O–H groups in total. The van der Waals surface area contributed by atoms with E-state index >= 15 is 0 Å². The lowest BCUT2D eigenvalue weighted by Crippen LogP contribution is -2.36. The van der Waals surface area contributed by atoms with E-state index in [9.17, 15) is 0 Å². The second-order valence-electron chi connectivity index (χ2n) is 3.49. The van der Waals surface area contributed by atoms with Gasteiger partial charge < -0.3 is 10.1 Å². The summed E-state index contributed by atoms with van der Waals surface area (Å²) in [5.74, 6) is 0. The molecule has 1 aliphatic rings. The first-order chi connectivity index (χ1) is 6.86. The Labute approximate surface area is 96.8 Å². The van der Waals surface area contributed by atoms with E-state index in [4.69, 9.17) is 4.74 Å². The molecular formula is C10H14BrNOS. The van der Waals surface area contributed by atoms with Crippen molar-refractivity contribution < 1.29 is 4.74 Å². The molecule has 0 saturated carbocycles. The van der Waals surface area contributed by atoms with Gasteiger partial charge in [0.15, 0.2) is 0 Å². The van der Waals surface area contributed by atoms with Crippen LogP contribution in [0, 0.1) is 0 Å². The molecule has 2 rings (SSSR count). The van der Waals surface area contributed by atoms with Gasteiger partial charge in [0.25, 0.3) is 0 Å². The smallest absolute Gasteiger partial charge is 0.0619 e. The number of halogens is 1. The topological polar surface area (TPSA) is 21.3 Å². The summed E-state index contributed by atoms with van der Waals surface area (Å²) in [6.45, 7) is 2.75. The minimum absolute atomic E-state index is 0.540. The van der Waals surface area contributed by atoms with Crippen LogP contribution < -0.4 is 5.32 Å². The molecule has 1 fully saturated rings. The Morgan fingerprint density at radius 1 is 1.64 bits per heavy atom. The van der Waals surface area contributed by atoms with Gasteiger partial charge in [0.1, 0.15) is 0 Å². The molecule has 0 amide bonds. The fraction of sp³-hybridized carbons (Fsp3) is 0.600. The Hall–Kier alpha value is 0.1000. The third-order valence-corrected chi connectivity index (χ3v) is 4.33. The molecular weight excluding hydrogens is 262 g/mol. The molecule has 0 radical (unpaired) electrons. The van der Waals surface area contributed by atoms with Crippen LogP contribution in [0.2, 0.25) is 0 Å². The zero-order valence-electron chi connectivity index (χ0n) is 7.96. The van der Waals surface area contributed by atoms with Crippen LogP contribution in [0.15, 0.2) is 15.9 Å². The maximum absolute atomic E-state index is 5.41. The van der Waals surface area contributed by atoms with Crippen molar-refractivity contribution in [3.63, 3.8) is 0 Å². The van der Waals surface area contributed by atoms with E-state index in [1.807, 2.05) is 0 Å². The number of rotatable bonds is 3. The first-order valence-corrected chi connectivity index (χ1v) is 6.56. The highest BCUT2D eigenvalue weighted by atomic mass is 79.9. The monoisotopic (exact) mass is 275 g/mol. The third-order valence-electron chi connectivity index (χ3n) is 2.40. The summed E-state index contributed by atoms with van der Waals surface area (Å²) in [4.78, 5) is 1.37. The Morgan fingerprint density at radius 3 is 3.21 bits per heavy atom. The summed E-state index contributed by atoms with van der Waals surface area (Å²) >= 11 is 5.32. The van der Waals surface area contributed by atoms with Crippen LogP contribution in [0.4, 0.5) is 0 Å².